The highest BCUT2D eigenvalue weighted by Gasteiger charge is 2.40. The maximum absolute atomic E-state index is 6.56. The smallest absolute Gasteiger partial charge is 0.0707 e. The lowest BCUT2D eigenvalue weighted by molar-refractivity contribution is -0.135. The molecule has 1 aliphatic heterocycles. The van der Waals surface area contributed by atoms with Crippen LogP contribution >= 0.6 is 0 Å². The Morgan fingerprint density at radius 3 is 2.30 bits per heavy atom. The first kappa shape index (κ1) is 14.8. The summed E-state index contributed by atoms with van der Waals surface area (Å²) in [7, 11) is 0. The predicted molar refractivity (Wildman–Crippen MR) is 80.7 cm³/mol. The summed E-state index contributed by atoms with van der Waals surface area (Å²) in [5.41, 5.74) is 6.67. The van der Waals surface area contributed by atoms with Crippen molar-refractivity contribution in [2.24, 2.45) is 5.73 Å². The number of ether oxygens (including phenoxy) is 2. The molecule has 1 spiro atoms. The molecule has 20 heavy (non-hydrogen) atoms. The molecule has 3 rings (SSSR count). The molecule has 1 heterocycles. The van der Waals surface area contributed by atoms with Crippen molar-refractivity contribution in [2.45, 2.75) is 94.3 Å². The fraction of sp³-hybridized carbons (Fsp3) is 1.00. The van der Waals surface area contributed by atoms with Crippen molar-refractivity contribution in [3.63, 3.8) is 0 Å². The topological polar surface area (TPSA) is 44.5 Å². The van der Waals surface area contributed by atoms with E-state index < -0.39 is 0 Å². The van der Waals surface area contributed by atoms with Gasteiger partial charge in [0, 0.05) is 18.6 Å². The van der Waals surface area contributed by atoms with E-state index in [1.165, 1.54) is 51.4 Å². The highest BCUT2D eigenvalue weighted by Crippen LogP contribution is 2.41. The standard InChI is InChI=1S/C17H31NO2/c18-16(8-3-1-2-4-9-16)14-19-15-7-12-20-17(13-15)10-5-6-11-17/h15H,1-14,18H2. The Bertz CT molecular complexity index is 304. The molecule has 0 bridgehead atoms. The van der Waals surface area contributed by atoms with Crippen LogP contribution in [0.2, 0.25) is 0 Å². The van der Waals surface area contributed by atoms with E-state index in [0.717, 1.165) is 38.9 Å². The van der Waals surface area contributed by atoms with E-state index in [1.807, 2.05) is 0 Å². The summed E-state index contributed by atoms with van der Waals surface area (Å²) in [6.07, 6.45) is 15.2. The number of hydrogen-bond acceptors (Lipinski definition) is 3. The van der Waals surface area contributed by atoms with Crippen LogP contribution < -0.4 is 5.73 Å². The van der Waals surface area contributed by atoms with Crippen LogP contribution in [0.15, 0.2) is 0 Å². The molecular formula is C17H31NO2. The van der Waals surface area contributed by atoms with Crippen molar-refractivity contribution >= 4 is 0 Å². The molecule has 2 aliphatic carbocycles. The lowest BCUT2D eigenvalue weighted by Crippen LogP contribution is -2.47. The van der Waals surface area contributed by atoms with E-state index in [0.29, 0.717) is 6.10 Å². The summed E-state index contributed by atoms with van der Waals surface area (Å²) in [5.74, 6) is 0. The van der Waals surface area contributed by atoms with E-state index >= 15 is 0 Å². The van der Waals surface area contributed by atoms with Gasteiger partial charge in [-0.25, -0.2) is 0 Å². The van der Waals surface area contributed by atoms with E-state index in [9.17, 15) is 0 Å². The van der Waals surface area contributed by atoms with Crippen LogP contribution in [0.4, 0.5) is 0 Å². The zero-order valence-corrected chi connectivity index (χ0v) is 12.9. The summed E-state index contributed by atoms with van der Waals surface area (Å²) in [6.45, 7) is 1.63. The molecule has 2 N–H and O–H groups in total. The second-order valence-corrected chi connectivity index (χ2v) is 7.44. The quantitative estimate of drug-likeness (QED) is 0.805. The van der Waals surface area contributed by atoms with Gasteiger partial charge in [-0.3, -0.25) is 0 Å². The molecule has 0 aromatic heterocycles. The first-order valence-electron chi connectivity index (χ1n) is 8.74. The Balaban J connectivity index is 1.50. The maximum atomic E-state index is 6.56. The molecule has 3 fully saturated rings. The van der Waals surface area contributed by atoms with Gasteiger partial charge >= 0.3 is 0 Å². The van der Waals surface area contributed by atoms with Crippen molar-refractivity contribution in [1.29, 1.82) is 0 Å². The van der Waals surface area contributed by atoms with Gasteiger partial charge in [0.1, 0.15) is 0 Å². The molecule has 1 atom stereocenters. The summed E-state index contributed by atoms with van der Waals surface area (Å²) in [4.78, 5) is 0. The third-order valence-electron chi connectivity index (χ3n) is 5.67. The van der Waals surface area contributed by atoms with Crippen molar-refractivity contribution in [3.05, 3.63) is 0 Å². The largest absolute Gasteiger partial charge is 0.376 e. The highest BCUT2D eigenvalue weighted by atomic mass is 16.5. The number of rotatable bonds is 3. The van der Waals surface area contributed by atoms with E-state index in [4.69, 9.17) is 15.2 Å². The van der Waals surface area contributed by atoms with Gasteiger partial charge in [0.15, 0.2) is 0 Å². The van der Waals surface area contributed by atoms with Gasteiger partial charge in [0.2, 0.25) is 0 Å². The van der Waals surface area contributed by atoms with Gasteiger partial charge in [-0.05, 0) is 32.1 Å². The average Bonchev–Trinajstić information content (AvgIpc) is 2.77. The third-order valence-corrected chi connectivity index (χ3v) is 5.67. The van der Waals surface area contributed by atoms with Crippen LogP contribution in [-0.4, -0.2) is 30.5 Å². The third kappa shape index (κ3) is 3.55. The highest BCUT2D eigenvalue weighted by molar-refractivity contribution is 4.93. The van der Waals surface area contributed by atoms with Crippen LogP contribution in [0.5, 0.6) is 0 Å². The minimum Gasteiger partial charge on any atom is -0.376 e. The predicted octanol–water partition coefficient (Wildman–Crippen LogP) is 3.55. The van der Waals surface area contributed by atoms with E-state index in [2.05, 4.69) is 0 Å². The van der Waals surface area contributed by atoms with Gasteiger partial charge in [0.25, 0.3) is 0 Å². The Hall–Kier alpha value is -0.120. The summed E-state index contributed by atoms with van der Waals surface area (Å²) >= 11 is 0. The van der Waals surface area contributed by atoms with Gasteiger partial charge in [-0.15, -0.1) is 0 Å². The number of nitrogens with two attached hydrogens (primary N) is 1. The van der Waals surface area contributed by atoms with Crippen LogP contribution in [0.3, 0.4) is 0 Å². The molecule has 0 aromatic carbocycles. The summed E-state index contributed by atoms with van der Waals surface area (Å²) < 4.78 is 12.3. The average molecular weight is 281 g/mol. The van der Waals surface area contributed by atoms with E-state index in [1.54, 1.807) is 0 Å². The Labute approximate surface area is 123 Å². The molecule has 1 unspecified atom stereocenters. The van der Waals surface area contributed by atoms with Gasteiger partial charge in [-0.2, -0.15) is 0 Å². The van der Waals surface area contributed by atoms with Crippen LogP contribution in [0, 0.1) is 0 Å². The van der Waals surface area contributed by atoms with Crippen molar-refractivity contribution in [1.82, 2.24) is 0 Å². The molecule has 3 heteroatoms. The lowest BCUT2D eigenvalue weighted by Gasteiger charge is -2.39. The van der Waals surface area contributed by atoms with Crippen molar-refractivity contribution in [3.8, 4) is 0 Å². The molecule has 0 aromatic rings. The maximum Gasteiger partial charge on any atom is 0.0707 e. The Morgan fingerprint density at radius 2 is 1.60 bits per heavy atom. The van der Waals surface area contributed by atoms with E-state index in [-0.39, 0.29) is 11.1 Å². The van der Waals surface area contributed by atoms with Gasteiger partial charge < -0.3 is 15.2 Å². The molecule has 1 saturated heterocycles. The summed E-state index contributed by atoms with van der Waals surface area (Å²) in [5, 5.41) is 0. The molecule has 0 radical (unpaired) electrons. The van der Waals surface area contributed by atoms with Crippen molar-refractivity contribution in [2.75, 3.05) is 13.2 Å². The molecule has 116 valence electrons. The van der Waals surface area contributed by atoms with Crippen LogP contribution in [0.25, 0.3) is 0 Å². The minimum atomic E-state index is -0.0579. The van der Waals surface area contributed by atoms with Gasteiger partial charge in [0.05, 0.1) is 18.3 Å². The van der Waals surface area contributed by atoms with Crippen LogP contribution in [-0.2, 0) is 9.47 Å². The zero-order chi connectivity index (χ0) is 13.9. The molecule has 3 nitrogen and oxygen atoms in total. The molecule has 2 saturated carbocycles. The zero-order valence-electron chi connectivity index (χ0n) is 12.9. The second-order valence-electron chi connectivity index (χ2n) is 7.44. The Kier molecular flexibility index (Phi) is 4.68. The lowest BCUT2D eigenvalue weighted by atomic mass is 9.89. The second kappa shape index (κ2) is 6.33. The minimum absolute atomic E-state index is 0.0579. The molecule has 3 aliphatic rings. The van der Waals surface area contributed by atoms with Gasteiger partial charge in [-0.1, -0.05) is 38.5 Å². The molecular weight excluding hydrogens is 250 g/mol. The normalized spacial score (nSPS) is 33.1. The monoisotopic (exact) mass is 281 g/mol. The SMILES string of the molecule is NC1(COC2CCOC3(CCCC3)C2)CCCCCC1. The van der Waals surface area contributed by atoms with Crippen molar-refractivity contribution < 1.29 is 9.47 Å². The first-order chi connectivity index (χ1) is 9.70. The number of hydrogen-bond donors (Lipinski definition) is 1. The summed E-state index contributed by atoms with van der Waals surface area (Å²) in [6, 6.07) is 0. The fourth-order valence-electron chi connectivity index (χ4n) is 4.35. The Morgan fingerprint density at radius 1 is 0.950 bits per heavy atom. The van der Waals surface area contributed by atoms with Crippen LogP contribution in [0.1, 0.15) is 77.0 Å². The molecule has 0 amide bonds. The first-order valence-corrected chi connectivity index (χ1v) is 8.74. The fourth-order valence-corrected chi connectivity index (χ4v) is 4.35.